The van der Waals surface area contributed by atoms with E-state index in [1.807, 2.05) is 29.5 Å². The fourth-order valence-electron chi connectivity index (χ4n) is 2.72. The molecule has 2 aromatic carbocycles. The van der Waals surface area contributed by atoms with E-state index >= 15 is 0 Å². The van der Waals surface area contributed by atoms with Crippen molar-refractivity contribution in [3.05, 3.63) is 70.1 Å². The SMILES string of the molecule is NCC(Cc1ccccc1Cl)Cc1csc2ccccc12. The highest BCUT2D eigenvalue weighted by molar-refractivity contribution is 7.17. The second kappa shape index (κ2) is 6.61. The third-order valence-electron chi connectivity index (χ3n) is 3.87. The Morgan fingerprint density at radius 1 is 0.952 bits per heavy atom. The van der Waals surface area contributed by atoms with Crippen LogP contribution < -0.4 is 5.73 Å². The molecule has 2 N–H and O–H groups in total. The van der Waals surface area contributed by atoms with Gasteiger partial charge in [0.2, 0.25) is 0 Å². The first kappa shape index (κ1) is 14.6. The van der Waals surface area contributed by atoms with Gasteiger partial charge in [0.1, 0.15) is 0 Å². The van der Waals surface area contributed by atoms with Crippen LogP contribution in [0.4, 0.5) is 0 Å². The summed E-state index contributed by atoms with van der Waals surface area (Å²) in [5.41, 5.74) is 8.58. The molecule has 1 heterocycles. The third-order valence-corrected chi connectivity index (χ3v) is 5.25. The lowest BCUT2D eigenvalue weighted by Crippen LogP contribution is -2.19. The quantitative estimate of drug-likeness (QED) is 0.711. The van der Waals surface area contributed by atoms with Crippen LogP contribution in [0.3, 0.4) is 0 Å². The van der Waals surface area contributed by atoms with Crippen molar-refractivity contribution >= 4 is 33.0 Å². The molecule has 0 fully saturated rings. The Labute approximate surface area is 134 Å². The summed E-state index contributed by atoms with van der Waals surface area (Å²) in [6.45, 7) is 0.676. The fourth-order valence-corrected chi connectivity index (χ4v) is 3.90. The Balaban J connectivity index is 1.80. The summed E-state index contributed by atoms with van der Waals surface area (Å²) in [5, 5.41) is 4.46. The van der Waals surface area contributed by atoms with E-state index < -0.39 is 0 Å². The van der Waals surface area contributed by atoms with Gasteiger partial charge < -0.3 is 5.73 Å². The number of thiophene rings is 1. The summed E-state index contributed by atoms with van der Waals surface area (Å²) >= 11 is 8.07. The number of halogens is 1. The second-order valence-corrected chi connectivity index (χ2v) is 6.68. The molecule has 3 heteroatoms. The topological polar surface area (TPSA) is 26.0 Å². The van der Waals surface area contributed by atoms with Crippen molar-refractivity contribution in [1.82, 2.24) is 0 Å². The predicted molar refractivity (Wildman–Crippen MR) is 93.2 cm³/mol. The number of rotatable bonds is 5. The number of nitrogens with two attached hydrogens (primary N) is 1. The lowest BCUT2D eigenvalue weighted by Gasteiger charge is -2.15. The van der Waals surface area contributed by atoms with Gasteiger partial charge in [-0.05, 0) is 59.3 Å². The Hall–Kier alpha value is -1.35. The van der Waals surface area contributed by atoms with E-state index in [-0.39, 0.29) is 0 Å². The van der Waals surface area contributed by atoms with Crippen LogP contribution >= 0.6 is 22.9 Å². The first-order chi connectivity index (χ1) is 10.3. The summed E-state index contributed by atoms with van der Waals surface area (Å²) in [5.74, 6) is 0.419. The normalized spacial score (nSPS) is 12.7. The molecule has 21 heavy (non-hydrogen) atoms. The van der Waals surface area contributed by atoms with E-state index in [2.05, 4.69) is 35.7 Å². The Morgan fingerprint density at radius 2 is 1.67 bits per heavy atom. The zero-order valence-electron chi connectivity index (χ0n) is 11.8. The zero-order chi connectivity index (χ0) is 14.7. The first-order valence-electron chi connectivity index (χ1n) is 7.16. The van der Waals surface area contributed by atoms with Crippen LogP contribution in [0.25, 0.3) is 10.1 Å². The first-order valence-corrected chi connectivity index (χ1v) is 8.42. The van der Waals surface area contributed by atoms with Crippen molar-refractivity contribution in [3.63, 3.8) is 0 Å². The van der Waals surface area contributed by atoms with E-state index in [1.165, 1.54) is 21.2 Å². The molecule has 0 amide bonds. The van der Waals surface area contributed by atoms with Gasteiger partial charge in [-0.1, -0.05) is 48.0 Å². The number of hydrogen-bond acceptors (Lipinski definition) is 2. The Bertz CT molecular complexity index is 735. The maximum Gasteiger partial charge on any atom is 0.0438 e. The molecule has 0 radical (unpaired) electrons. The molecule has 0 saturated heterocycles. The standard InChI is InChI=1S/C18H18ClNS/c19-17-7-3-1-5-14(17)9-13(11-20)10-15-12-21-18-8-4-2-6-16(15)18/h1-8,12-13H,9-11,20H2. The molecular weight excluding hydrogens is 298 g/mol. The largest absolute Gasteiger partial charge is 0.330 e. The summed E-state index contributed by atoms with van der Waals surface area (Å²) in [7, 11) is 0. The predicted octanol–water partition coefficient (Wildman–Crippen LogP) is 4.91. The van der Waals surface area contributed by atoms with Crippen LogP contribution in [-0.2, 0) is 12.8 Å². The highest BCUT2D eigenvalue weighted by Gasteiger charge is 2.13. The maximum atomic E-state index is 6.26. The lowest BCUT2D eigenvalue weighted by molar-refractivity contribution is 0.536. The molecule has 1 atom stereocenters. The van der Waals surface area contributed by atoms with E-state index in [0.717, 1.165) is 17.9 Å². The number of hydrogen-bond donors (Lipinski definition) is 1. The second-order valence-electron chi connectivity index (χ2n) is 5.36. The van der Waals surface area contributed by atoms with Crippen LogP contribution in [0.2, 0.25) is 5.02 Å². The monoisotopic (exact) mass is 315 g/mol. The van der Waals surface area contributed by atoms with Crippen LogP contribution in [-0.4, -0.2) is 6.54 Å². The number of benzene rings is 2. The molecule has 3 rings (SSSR count). The van der Waals surface area contributed by atoms with Gasteiger partial charge in [-0.25, -0.2) is 0 Å². The van der Waals surface area contributed by atoms with Crippen molar-refractivity contribution < 1.29 is 0 Å². The summed E-state index contributed by atoms with van der Waals surface area (Å²) in [6, 6.07) is 16.6. The van der Waals surface area contributed by atoms with Gasteiger partial charge in [0.05, 0.1) is 0 Å². The molecule has 0 saturated carbocycles. The van der Waals surface area contributed by atoms with Crippen molar-refractivity contribution in [3.8, 4) is 0 Å². The molecule has 3 aromatic rings. The molecule has 1 nitrogen and oxygen atoms in total. The van der Waals surface area contributed by atoms with Gasteiger partial charge in [0.25, 0.3) is 0 Å². The van der Waals surface area contributed by atoms with Crippen LogP contribution in [0.1, 0.15) is 11.1 Å². The van der Waals surface area contributed by atoms with Crippen LogP contribution in [0.15, 0.2) is 53.9 Å². The Kier molecular flexibility index (Phi) is 4.59. The van der Waals surface area contributed by atoms with Gasteiger partial charge >= 0.3 is 0 Å². The zero-order valence-corrected chi connectivity index (χ0v) is 13.3. The van der Waals surface area contributed by atoms with Crippen molar-refractivity contribution in [1.29, 1.82) is 0 Å². The number of fused-ring (bicyclic) bond motifs is 1. The van der Waals surface area contributed by atoms with Crippen LogP contribution in [0, 0.1) is 5.92 Å². The minimum Gasteiger partial charge on any atom is -0.330 e. The van der Waals surface area contributed by atoms with E-state index in [0.29, 0.717) is 12.5 Å². The van der Waals surface area contributed by atoms with E-state index in [9.17, 15) is 0 Å². The smallest absolute Gasteiger partial charge is 0.0438 e. The summed E-state index contributed by atoms with van der Waals surface area (Å²) < 4.78 is 1.35. The Morgan fingerprint density at radius 3 is 2.48 bits per heavy atom. The molecule has 0 aliphatic heterocycles. The van der Waals surface area contributed by atoms with Crippen molar-refractivity contribution in [2.24, 2.45) is 11.7 Å². The van der Waals surface area contributed by atoms with Crippen molar-refractivity contribution in [2.75, 3.05) is 6.54 Å². The van der Waals surface area contributed by atoms with E-state index in [4.69, 9.17) is 17.3 Å². The fraction of sp³-hybridized carbons (Fsp3) is 0.222. The molecule has 108 valence electrons. The van der Waals surface area contributed by atoms with Crippen molar-refractivity contribution in [2.45, 2.75) is 12.8 Å². The average Bonchev–Trinajstić information content (AvgIpc) is 2.92. The lowest BCUT2D eigenvalue weighted by atomic mass is 9.92. The highest BCUT2D eigenvalue weighted by atomic mass is 35.5. The van der Waals surface area contributed by atoms with Gasteiger partial charge in [0, 0.05) is 9.72 Å². The molecular formula is C18H18ClNS. The summed E-state index contributed by atoms with van der Waals surface area (Å²) in [6.07, 6.45) is 1.94. The van der Waals surface area contributed by atoms with Gasteiger partial charge in [-0.15, -0.1) is 11.3 Å². The molecule has 1 aromatic heterocycles. The molecule has 0 aliphatic carbocycles. The van der Waals surface area contributed by atoms with Crippen LogP contribution in [0.5, 0.6) is 0 Å². The minimum absolute atomic E-state index is 0.419. The average molecular weight is 316 g/mol. The summed E-state index contributed by atoms with van der Waals surface area (Å²) in [4.78, 5) is 0. The molecule has 0 aliphatic rings. The highest BCUT2D eigenvalue weighted by Crippen LogP contribution is 2.29. The molecule has 0 spiro atoms. The molecule has 0 bridgehead atoms. The third kappa shape index (κ3) is 3.29. The van der Waals surface area contributed by atoms with Gasteiger partial charge in [-0.3, -0.25) is 0 Å². The maximum absolute atomic E-state index is 6.26. The van der Waals surface area contributed by atoms with E-state index in [1.54, 1.807) is 0 Å². The minimum atomic E-state index is 0.419. The van der Waals surface area contributed by atoms with Gasteiger partial charge in [0.15, 0.2) is 0 Å². The molecule has 1 unspecified atom stereocenters. The van der Waals surface area contributed by atoms with Gasteiger partial charge in [-0.2, -0.15) is 0 Å².